The van der Waals surface area contributed by atoms with Crippen molar-refractivity contribution in [3.05, 3.63) is 17.5 Å². The first kappa shape index (κ1) is 10.2. The molecule has 2 rings (SSSR count). The van der Waals surface area contributed by atoms with Crippen molar-refractivity contribution in [1.82, 2.24) is 15.1 Å². The molecule has 0 bridgehead atoms. The molecule has 0 radical (unpaired) electrons. The van der Waals surface area contributed by atoms with Gasteiger partial charge in [0.05, 0.1) is 11.9 Å². The first-order valence-electron chi connectivity index (χ1n) is 5.13. The summed E-state index contributed by atoms with van der Waals surface area (Å²) < 4.78 is 1.61. The fraction of sp³-hybridized carbons (Fsp3) is 0.600. The van der Waals surface area contributed by atoms with E-state index in [4.69, 9.17) is 5.11 Å². The number of carbonyl (C=O) groups is 1. The van der Waals surface area contributed by atoms with Crippen LogP contribution in [0.5, 0.6) is 0 Å². The van der Waals surface area contributed by atoms with Crippen molar-refractivity contribution in [2.75, 3.05) is 6.54 Å². The third kappa shape index (κ3) is 2.36. The Labute approximate surface area is 88.1 Å². The average molecular weight is 209 g/mol. The fourth-order valence-corrected chi connectivity index (χ4v) is 1.57. The molecule has 1 aliphatic carbocycles. The smallest absolute Gasteiger partial charge is 0.339 e. The lowest BCUT2D eigenvalue weighted by molar-refractivity contribution is 0.0695. The Balaban J connectivity index is 1.97. The van der Waals surface area contributed by atoms with Gasteiger partial charge in [-0.2, -0.15) is 5.10 Å². The van der Waals surface area contributed by atoms with Crippen LogP contribution in [0.3, 0.4) is 0 Å². The number of aromatic nitrogens is 2. The summed E-state index contributed by atoms with van der Waals surface area (Å²) in [6, 6.07) is 0. The molecule has 0 amide bonds. The molecule has 1 aromatic heterocycles. The van der Waals surface area contributed by atoms with Crippen LogP contribution in [0, 0.1) is 5.92 Å². The van der Waals surface area contributed by atoms with Crippen molar-refractivity contribution < 1.29 is 9.90 Å². The number of hydrogen-bond donors (Lipinski definition) is 2. The van der Waals surface area contributed by atoms with Crippen molar-refractivity contribution >= 4 is 5.97 Å². The van der Waals surface area contributed by atoms with Crippen LogP contribution in [0.15, 0.2) is 6.20 Å². The molecule has 0 atom stereocenters. The Morgan fingerprint density at radius 2 is 2.47 bits per heavy atom. The van der Waals surface area contributed by atoms with Gasteiger partial charge in [0.1, 0.15) is 5.56 Å². The van der Waals surface area contributed by atoms with Crippen LogP contribution in [0.2, 0.25) is 0 Å². The minimum absolute atomic E-state index is 0.292. The number of carboxylic acid groups (broad SMARTS) is 1. The van der Waals surface area contributed by atoms with E-state index in [9.17, 15) is 4.79 Å². The quantitative estimate of drug-likeness (QED) is 0.746. The predicted octanol–water partition coefficient (Wildman–Crippen LogP) is 0.618. The second-order valence-corrected chi connectivity index (χ2v) is 4.01. The molecule has 5 nitrogen and oxygen atoms in total. The van der Waals surface area contributed by atoms with E-state index in [0.717, 1.165) is 18.2 Å². The van der Waals surface area contributed by atoms with E-state index >= 15 is 0 Å². The molecule has 1 saturated carbocycles. The van der Waals surface area contributed by atoms with Crippen molar-refractivity contribution in [2.24, 2.45) is 13.0 Å². The van der Waals surface area contributed by atoms with E-state index in [2.05, 4.69) is 10.4 Å². The number of carboxylic acids is 1. The summed E-state index contributed by atoms with van der Waals surface area (Å²) in [5.74, 6) is -0.113. The third-order valence-corrected chi connectivity index (χ3v) is 2.71. The van der Waals surface area contributed by atoms with E-state index in [1.54, 1.807) is 11.7 Å². The number of aryl methyl sites for hydroxylation is 1. The Hall–Kier alpha value is -1.36. The molecule has 1 fully saturated rings. The van der Waals surface area contributed by atoms with Gasteiger partial charge in [-0.1, -0.05) is 0 Å². The summed E-state index contributed by atoms with van der Waals surface area (Å²) in [5, 5.41) is 16.1. The zero-order valence-corrected chi connectivity index (χ0v) is 8.73. The molecule has 82 valence electrons. The van der Waals surface area contributed by atoms with E-state index in [0.29, 0.717) is 12.1 Å². The molecule has 0 unspecified atom stereocenters. The van der Waals surface area contributed by atoms with E-state index < -0.39 is 5.97 Å². The third-order valence-electron chi connectivity index (χ3n) is 2.71. The predicted molar refractivity (Wildman–Crippen MR) is 54.6 cm³/mol. The highest BCUT2D eigenvalue weighted by Crippen LogP contribution is 2.27. The number of aromatic carboxylic acids is 1. The van der Waals surface area contributed by atoms with Crippen LogP contribution < -0.4 is 5.32 Å². The van der Waals surface area contributed by atoms with Crippen LogP contribution in [0.4, 0.5) is 0 Å². The minimum atomic E-state index is -0.911. The Bertz CT molecular complexity index is 369. The van der Waals surface area contributed by atoms with E-state index in [1.807, 2.05) is 0 Å². The molecule has 0 saturated heterocycles. The second-order valence-electron chi connectivity index (χ2n) is 4.01. The highest BCUT2D eigenvalue weighted by Gasteiger charge is 2.21. The summed E-state index contributed by atoms with van der Waals surface area (Å²) >= 11 is 0. The lowest BCUT2D eigenvalue weighted by atomic mass is 10.2. The molecular weight excluding hydrogens is 194 g/mol. The van der Waals surface area contributed by atoms with Gasteiger partial charge in [-0.3, -0.25) is 4.68 Å². The van der Waals surface area contributed by atoms with E-state index in [1.165, 1.54) is 19.0 Å². The van der Waals surface area contributed by atoms with Gasteiger partial charge in [0.25, 0.3) is 0 Å². The van der Waals surface area contributed by atoms with E-state index in [-0.39, 0.29) is 0 Å². The molecule has 0 aromatic carbocycles. The molecule has 1 heterocycles. The van der Waals surface area contributed by atoms with Crippen LogP contribution in [0.1, 0.15) is 28.9 Å². The molecular formula is C10H15N3O2. The van der Waals surface area contributed by atoms with Gasteiger partial charge in [-0.15, -0.1) is 0 Å². The fourth-order valence-electron chi connectivity index (χ4n) is 1.57. The molecule has 2 N–H and O–H groups in total. The first-order chi connectivity index (χ1) is 7.18. The van der Waals surface area contributed by atoms with Gasteiger partial charge in [-0.05, 0) is 25.3 Å². The molecule has 0 aliphatic heterocycles. The monoisotopic (exact) mass is 209 g/mol. The number of nitrogens with one attached hydrogen (secondary N) is 1. The summed E-state index contributed by atoms with van der Waals surface area (Å²) in [6.07, 6.45) is 3.99. The summed E-state index contributed by atoms with van der Waals surface area (Å²) in [6.45, 7) is 1.55. The average Bonchev–Trinajstić information content (AvgIpc) is 2.92. The van der Waals surface area contributed by atoms with Crippen molar-refractivity contribution in [3.63, 3.8) is 0 Å². The Morgan fingerprint density at radius 1 is 1.73 bits per heavy atom. The SMILES string of the molecule is Cn1ncc(C(=O)O)c1CNCC1CC1. The molecule has 15 heavy (non-hydrogen) atoms. The summed E-state index contributed by atoms with van der Waals surface area (Å²) in [4.78, 5) is 10.9. The first-order valence-corrected chi connectivity index (χ1v) is 5.13. The lowest BCUT2D eigenvalue weighted by Gasteiger charge is -2.05. The van der Waals surface area contributed by atoms with Gasteiger partial charge in [0.15, 0.2) is 0 Å². The van der Waals surface area contributed by atoms with Crippen molar-refractivity contribution in [3.8, 4) is 0 Å². The largest absolute Gasteiger partial charge is 0.478 e. The zero-order valence-electron chi connectivity index (χ0n) is 8.73. The lowest BCUT2D eigenvalue weighted by Crippen LogP contribution is -2.20. The standard InChI is InChI=1S/C10H15N3O2/c1-13-9(6-11-4-7-2-3-7)8(5-12-13)10(14)15/h5,7,11H,2-4,6H2,1H3,(H,14,15). The van der Waals surface area contributed by atoms with Crippen LogP contribution in [-0.2, 0) is 13.6 Å². The summed E-state index contributed by atoms with van der Waals surface area (Å²) in [7, 11) is 1.76. The van der Waals surface area contributed by atoms with Crippen LogP contribution in [-0.4, -0.2) is 27.4 Å². The van der Waals surface area contributed by atoms with Gasteiger partial charge >= 0.3 is 5.97 Å². The highest BCUT2D eigenvalue weighted by molar-refractivity contribution is 5.88. The Kier molecular flexibility index (Phi) is 2.73. The van der Waals surface area contributed by atoms with Gasteiger partial charge in [-0.25, -0.2) is 4.79 Å². The van der Waals surface area contributed by atoms with Crippen LogP contribution >= 0.6 is 0 Å². The summed E-state index contributed by atoms with van der Waals surface area (Å²) in [5.41, 5.74) is 1.03. The maximum absolute atomic E-state index is 10.9. The van der Waals surface area contributed by atoms with Crippen molar-refractivity contribution in [2.45, 2.75) is 19.4 Å². The number of nitrogens with zero attached hydrogens (tertiary/aromatic N) is 2. The minimum Gasteiger partial charge on any atom is -0.478 e. The Morgan fingerprint density at radius 3 is 3.07 bits per heavy atom. The topological polar surface area (TPSA) is 67.2 Å². The second kappa shape index (κ2) is 4.02. The molecule has 5 heteroatoms. The highest BCUT2D eigenvalue weighted by atomic mass is 16.4. The van der Waals surface area contributed by atoms with Gasteiger partial charge in [0, 0.05) is 13.6 Å². The van der Waals surface area contributed by atoms with Crippen molar-refractivity contribution in [1.29, 1.82) is 0 Å². The zero-order chi connectivity index (χ0) is 10.8. The normalized spacial score (nSPS) is 15.5. The molecule has 1 aromatic rings. The van der Waals surface area contributed by atoms with Gasteiger partial charge < -0.3 is 10.4 Å². The molecule has 0 spiro atoms. The number of rotatable bonds is 5. The molecule has 1 aliphatic rings. The maximum atomic E-state index is 10.9. The number of hydrogen-bond acceptors (Lipinski definition) is 3. The van der Waals surface area contributed by atoms with Crippen LogP contribution in [0.25, 0.3) is 0 Å². The van der Waals surface area contributed by atoms with Gasteiger partial charge in [0.2, 0.25) is 0 Å². The maximum Gasteiger partial charge on any atom is 0.339 e.